The highest BCUT2D eigenvalue weighted by Gasteiger charge is 2.21. The van der Waals surface area contributed by atoms with Gasteiger partial charge in [-0.2, -0.15) is 0 Å². The lowest BCUT2D eigenvalue weighted by Gasteiger charge is -2.09. The number of H-pyrrole nitrogens is 1. The molecule has 2 N–H and O–H groups in total. The van der Waals surface area contributed by atoms with E-state index >= 15 is 0 Å². The summed E-state index contributed by atoms with van der Waals surface area (Å²) in [4.78, 5) is 18.2. The summed E-state index contributed by atoms with van der Waals surface area (Å²) in [5.41, 5.74) is 0.548. The van der Waals surface area contributed by atoms with E-state index < -0.39 is 10.0 Å². The van der Waals surface area contributed by atoms with E-state index in [-0.39, 0.29) is 17.9 Å². The van der Waals surface area contributed by atoms with Crippen LogP contribution in [0.25, 0.3) is 10.9 Å². The highest BCUT2D eigenvalue weighted by atomic mass is 32.2. The van der Waals surface area contributed by atoms with Gasteiger partial charge in [0.25, 0.3) is 5.56 Å². The van der Waals surface area contributed by atoms with E-state index in [0.717, 1.165) is 0 Å². The smallest absolute Gasteiger partial charge is 0.258 e. The van der Waals surface area contributed by atoms with Crippen molar-refractivity contribution in [3.8, 4) is 0 Å². The fourth-order valence-corrected chi connectivity index (χ4v) is 2.99. The van der Waals surface area contributed by atoms with Crippen LogP contribution in [-0.4, -0.2) is 37.4 Å². The monoisotopic (exact) mass is 323 g/mol. The van der Waals surface area contributed by atoms with Crippen LogP contribution in [0.1, 0.15) is 12.8 Å². The third-order valence-corrected chi connectivity index (χ3v) is 4.71. The van der Waals surface area contributed by atoms with Crippen LogP contribution < -0.4 is 10.3 Å². The molecule has 3 rings (SSSR count). The fourth-order valence-electron chi connectivity index (χ4n) is 2.07. The zero-order valence-electron chi connectivity index (χ0n) is 11.9. The van der Waals surface area contributed by atoms with E-state index in [1.165, 1.54) is 25.2 Å². The first-order valence-electron chi connectivity index (χ1n) is 7.09. The number of rotatable bonds is 7. The minimum absolute atomic E-state index is 0.110. The van der Waals surface area contributed by atoms with E-state index in [1.54, 1.807) is 12.1 Å². The average molecular weight is 323 g/mol. The average Bonchev–Trinajstić information content (AvgIpc) is 3.28. The fraction of sp³-hybridized carbons (Fsp3) is 0.429. The number of benzene rings is 1. The summed E-state index contributed by atoms with van der Waals surface area (Å²) in [7, 11) is -3.50. The Morgan fingerprint density at radius 3 is 2.95 bits per heavy atom. The van der Waals surface area contributed by atoms with Crippen LogP contribution in [-0.2, 0) is 14.8 Å². The standard InChI is InChI=1S/C14H17N3O4S/c18-14-12-7-11(3-4-13(12)15-9-16-14)17-22(19,20)6-5-21-8-10-1-2-10/h3-4,7,9-10,17H,1-2,5-6,8H2,(H,15,16,18). The number of hydrogen-bond donors (Lipinski definition) is 2. The summed E-state index contributed by atoms with van der Waals surface area (Å²) in [6.45, 7) is 0.800. The number of aromatic amines is 1. The number of aromatic nitrogens is 2. The Morgan fingerprint density at radius 1 is 1.36 bits per heavy atom. The molecule has 0 saturated heterocycles. The molecule has 1 aromatic carbocycles. The van der Waals surface area contributed by atoms with Gasteiger partial charge < -0.3 is 9.72 Å². The molecule has 0 bridgehead atoms. The Morgan fingerprint density at radius 2 is 2.18 bits per heavy atom. The van der Waals surface area contributed by atoms with Gasteiger partial charge in [-0.05, 0) is 37.0 Å². The number of ether oxygens (including phenoxy) is 1. The molecule has 8 heteroatoms. The Labute approximate surface area is 127 Å². The summed E-state index contributed by atoms with van der Waals surface area (Å²) in [6, 6.07) is 4.66. The van der Waals surface area contributed by atoms with Crippen molar-refractivity contribution in [1.29, 1.82) is 0 Å². The maximum atomic E-state index is 12.0. The largest absolute Gasteiger partial charge is 0.380 e. The molecule has 0 spiro atoms. The first kappa shape index (κ1) is 15.0. The molecule has 1 aliphatic carbocycles. The van der Waals surface area contributed by atoms with Crippen molar-refractivity contribution in [2.24, 2.45) is 5.92 Å². The van der Waals surface area contributed by atoms with Gasteiger partial charge >= 0.3 is 0 Å². The molecule has 7 nitrogen and oxygen atoms in total. The molecule has 1 fully saturated rings. The van der Waals surface area contributed by atoms with Crippen molar-refractivity contribution in [2.75, 3.05) is 23.7 Å². The second kappa shape index (κ2) is 6.05. The highest BCUT2D eigenvalue weighted by Crippen LogP contribution is 2.28. The second-order valence-electron chi connectivity index (χ2n) is 5.40. The van der Waals surface area contributed by atoms with Crippen molar-refractivity contribution in [3.63, 3.8) is 0 Å². The van der Waals surface area contributed by atoms with Crippen LogP contribution in [0.4, 0.5) is 5.69 Å². The Hall–Kier alpha value is -1.93. The zero-order chi connectivity index (χ0) is 15.6. The Balaban J connectivity index is 1.65. The van der Waals surface area contributed by atoms with Gasteiger partial charge in [-0.1, -0.05) is 0 Å². The third kappa shape index (κ3) is 3.83. The Bertz CT molecular complexity index is 827. The van der Waals surface area contributed by atoms with Crippen LogP contribution in [0.2, 0.25) is 0 Å². The van der Waals surface area contributed by atoms with Gasteiger partial charge in [-0.3, -0.25) is 9.52 Å². The Kier molecular flexibility index (Phi) is 4.12. The number of fused-ring (bicyclic) bond motifs is 1. The molecular formula is C14H17N3O4S. The van der Waals surface area contributed by atoms with E-state index in [0.29, 0.717) is 29.1 Å². The highest BCUT2D eigenvalue weighted by molar-refractivity contribution is 7.92. The predicted octanol–water partition coefficient (Wildman–Crippen LogP) is 1.09. The van der Waals surface area contributed by atoms with E-state index in [4.69, 9.17) is 4.74 Å². The minimum atomic E-state index is -3.50. The second-order valence-corrected chi connectivity index (χ2v) is 7.24. The van der Waals surface area contributed by atoms with Gasteiger partial charge in [0.1, 0.15) is 0 Å². The SMILES string of the molecule is O=c1[nH]cnc2ccc(NS(=O)(=O)CCOCC3CC3)cc12. The van der Waals surface area contributed by atoms with Gasteiger partial charge in [0.2, 0.25) is 10.0 Å². The third-order valence-electron chi connectivity index (χ3n) is 3.46. The van der Waals surface area contributed by atoms with Crippen LogP contribution in [0, 0.1) is 5.92 Å². The van der Waals surface area contributed by atoms with Gasteiger partial charge in [0.05, 0.1) is 29.6 Å². The minimum Gasteiger partial charge on any atom is -0.380 e. The lowest BCUT2D eigenvalue weighted by Crippen LogP contribution is -2.20. The molecule has 0 aliphatic heterocycles. The number of hydrogen-bond acceptors (Lipinski definition) is 5. The van der Waals surface area contributed by atoms with Crippen LogP contribution in [0.5, 0.6) is 0 Å². The van der Waals surface area contributed by atoms with Gasteiger partial charge in [-0.25, -0.2) is 13.4 Å². The number of nitrogens with one attached hydrogen (secondary N) is 2. The first-order chi connectivity index (χ1) is 10.5. The van der Waals surface area contributed by atoms with Crippen molar-refractivity contribution in [3.05, 3.63) is 34.9 Å². The quantitative estimate of drug-likeness (QED) is 0.743. The van der Waals surface area contributed by atoms with Crippen molar-refractivity contribution >= 4 is 26.6 Å². The first-order valence-corrected chi connectivity index (χ1v) is 8.74. The predicted molar refractivity (Wildman–Crippen MR) is 83.3 cm³/mol. The van der Waals surface area contributed by atoms with E-state index in [1.807, 2.05) is 0 Å². The molecule has 1 aliphatic rings. The normalized spacial score (nSPS) is 15.1. The molecular weight excluding hydrogens is 306 g/mol. The maximum absolute atomic E-state index is 12.0. The lowest BCUT2D eigenvalue weighted by atomic mass is 10.2. The molecule has 1 heterocycles. The van der Waals surface area contributed by atoms with Gasteiger partial charge in [0.15, 0.2) is 0 Å². The summed E-state index contributed by atoms with van der Waals surface area (Å²) < 4.78 is 31.8. The molecule has 0 radical (unpaired) electrons. The van der Waals surface area contributed by atoms with E-state index in [2.05, 4.69) is 14.7 Å². The van der Waals surface area contributed by atoms with Gasteiger partial charge in [0, 0.05) is 12.3 Å². The van der Waals surface area contributed by atoms with Crippen molar-refractivity contribution in [1.82, 2.24) is 9.97 Å². The zero-order valence-corrected chi connectivity index (χ0v) is 12.7. The summed E-state index contributed by atoms with van der Waals surface area (Å²) in [6.07, 6.45) is 3.65. The molecule has 0 atom stereocenters. The molecule has 0 amide bonds. The van der Waals surface area contributed by atoms with Crippen LogP contribution in [0.3, 0.4) is 0 Å². The van der Waals surface area contributed by atoms with Crippen molar-refractivity contribution < 1.29 is 13.2 Å². The van der Waals surface area contributed by atoms with Crippen LogP contribution >= 0.6 is 0 Å². The van der Waals surface area contributed by atoms with E-state index in [9.17, 15) is 13.2 Å². The summed E-state index contributed by atoms with van der Waals surface area (Å²) >= 11 is 0. The van der Waals surface area contributed by atoms with Crippen LogP contribution in [0.15, 0.2) is 29.3 Å². The van der Waals surface area contributed by atoms with Gasteiger partial charge in [-0.15, -0.1) is 0 Å². The molecule has 1 saturated carbocycles. The molecule has 1 aromatic heterocycles. The molecule has 118 valence electrons. The molecule has 0 unspecified atom stereocenters. The maximum Gasteiger partial charge on any atom is 0.258 e. The number of nitrogens with zero attached hydrogens (tertiary/aromatic N) is 1. The topological polar surface area (TPSA) is 101 Å². The summed E-state index contributed by atoms with van der Waals surface area (Å²) in [5.74, 6) is 0.497. The lowest BCUT2D eigenvalue weighted by molar-refractivity contribution is 0.138. The number of sulfonamides is 1. The molecule has 22 heavy (non-hydrogen) atoms. The summed E-state index contributed by atoms with van der Waals surface area (Å²) in [5, 5.41) is 0.340. The number of anilines is 1. The molecule has 2 aromatic rings. The van der Waals surface area contributed by atoms with Crippen molar-refractivity contribution in [2.45, 2.75) is 12.8 Å².